The van der Waals surface area contributed by atoms with Gasteiger partial charge in [0.15, 0.2) is 23.3 Å². The summed E-state index contributed by atoms with van der Waals surface area (Å²) in [6.45, 7) is 3.49. The van der Waals surface area contributed by atoms with Gasteiger partial charge in [-0.25, -0.2) is 9.97 Å². The van der Waals surface area contributed by atoms with E-state index in [4.69, 9.17) is 55.2 Å². The minimum absolute atomic E-state index is 0.406. The minimum atomic E-state index is 0.406. The smallest absolute Gasteiger partial charge is 0.200 e. The van der Waals surface area contributed by atoms with Crippen molar-refractivity contribution in [1.82, 2.24) is 9.97 Å². The molecule has 0 N–H and O–H groups in total. The maximum Gasteiger partial charge on any atom is 0.200 e. The Balaban J connectivity index is 1.95. The molecule has 2 aromatic heterocycles. The Hall–Kier alpha value is -1.98. The SMILES string of the molecule is Cc1nc(-c2ccc(Cl)cc2Cl)c(-c2oc(C)nc2-c2ccc(Cl)cc2Cl)o1. The fourth-order valence-electron chi connectivity index (χ4n) is 2.89. The molecule has 0 aliphatic heterocycles. The quantitative estimate of drug-likeness (QED) is 0.316. The fourth-order valence-corrected chi connectivity index (χ4v) is 3.89. The summed E-state index contributed by atoms with van der Waals surface area (Å²) in [5.41, 5.74) is 2.39. The van der Waals surface area contributed by atoms with E-state index < -0.39 is 0 Å². The van der Waals surface area contributed by atoms with E-state index in [-0.39, 0.29) is 0 Å². The monoisotopic (exact) mass is 452 g/mol. The molecule has 0 saturated carbocycles. The molecular formula is C20H12Cl4N2O2. The zero-order valence-corrected chi connectivity index (χ0v) is 17.7. The molecule has 0 bridgehead atoms. The lowest BCUT2D eigenvalue weighted by Crippen LogP contribution is -1.87. The average Bonchev–Trinajstić information content (AvgIpc) is 3.17. The highest BCUT2D eigenvalue weighted by molar-refractivity contribution is 6.37. The highest BCUT2D eigenvalue weighted by atomic mass is 35.5. The second kappa shape index (κ2) is 7.45. The predicted molar refractivity (Wildman–Crippen MR) is 112 cm³/mol. The Morgan fingerprint density at radius 2 is 1.04 bits per heavy atom. The van der Waals surface area contributed by atoms with Crippen molar-refractivity contribution in [2.24, 2.45) is 0 Å². The van der Waals surface area contributed by atoms with E-state index in [0.29, 0.717) is 65.9 Å². The van der Waals surface area contributed by atoms with Crippen molar-refractivity contribution in [2.45, 2.75) is 13.8 Å². The van der Waals surface area contributed by atoms with Gasteiger partial charge in [-0.2, -0.15) is 0 Å². The summed E-state index contributed by atoms with van der Waals surface area (Å²) >= 11 is 24.8. The van der Waals surface area contributed by atoms with E-state index in [0.717, 1.165) is 0 Å². The number of rotatable bonds is 3. The van der Waals surface area contributed by atoms with Crippen molar-refractivity contribution in [2.75, 3.05) is 0 Å². The molecule has 0 fully saturated rings. The Kier molecular flexibility index (Phi) is 5.15. The van der Waals surface area contributed by atoms with Gasteiger partial charge in [0.05, 0.1) is 10.0 Å². The number of aryl methyl sites for hydroxylation is 2. The van der Waals surface area contributed by atoms with Crippen LogP contribution in [0.4, 0.5) is 0 Å². The zero-order valence-electron chi connectivity index (χ0n) is 14.7. The van der Waals surface area contributed by atoms with E-state index in [9.17, 15) is 0 Å². The number of hydrogen-bond donors (Lipinski definition) is 0. The first-order chi connectivity index (χ1) is 13.3. The second-order valence-corrected chi connectivity index (χ2v) is 7.76. The molecule has 8 heteroatoms. The van der Waals surface area contributed by atoms with Crippen LogP contribution in [-0.4, -0.2) is 9.97 Å². The van der Waals surface area contributed by atoms with E-state index in [1.165, 1.54) is 0 Å². The molecule has 0 amide bonds. The third kappa shape index (κ3) is 3.53. The lowest BCUT2D eigenvalue weighted by atomic mass is 10.1. The molecular weight excluding hydrogens is 442 g/mol. The average molecular weight is 454 g/mol. The van der Waals surface area contributed by atoms with E-state index in [1.807, 2.05) is 0 Å². The van der Waals surface area contributed by atoms with Crippen molar-refractivity contribution in [3.63, 3.8) is 0 Å². The minimum Gasteiger partial charge on any atom is -0.437 e. The molecule has 2 aromatic carbocycles. The molecule has 0 unspecified atom stereocenters. The molecule has 4 aromatic rings. The lowest BCUT2D eigenvalue weighted by molar-refractivity contribution is 0.485. The van der Waals surface area contributed by atoms with Gasteiger partial charge in [0.1, 0.15) is 11.4 Å². The Morgan fingerprint density at radius 3 is 1.39 bits per heavy atom. The van der Waals surface area contributed by atoms with Crippen molar-refractivity contribution >= 4 is 46.4 Å². The standard InChI is InChI=1S/C20H12Cl4N2O2/c1-9-25-17(13-5-3-11(21)7-15(13)23)19(27-9)20-18(26-10(2)28-20)14-6-4-12(22)8-16(14)24/h3-8H,1-2H3. The largest absolute Gasteiger partial charge is 0.437 e. The van der Waals surface area contributed by atoms with Gasteiger partial charge >= 0.3 is 0 Å². The van der Waals surface area contributed by atoms with E-state index in [1.54, 1.807) is 50.2 Å². The summed E-state index contributed by atoms with van der Waals surface area (Å²) in [7, 11) is 0. The third-order valence-corrected chi connectivity index (χ3v) is 5.14. The van der Waals surface area contributed by atoms with Crippen LogP contribution in [0, 0.1) is 13.8 Å². The summed E-state index contributed by atoms with van der Waals surface area (Å²) in [5.74, 6) is 1.73. The van der Waals surface area contributed by atoms with Crippen LogP contribution < -0.4 is 0 Å². The van der Waals surface area contributed by atoms with Gasteiger partial charge in [0, 0.05) is 35.0 Å². The van der Waals surface area contributed by atoms with Crippen LogP contribution in [0.1, 0.15) is 11.8 Å². The summed E-state index contributed by atoms with van der Waals surface area (Å²) in [6.07, 6.45) is 0. The molecule has 0 saturated heterocycles. The van der Waals surface area contributed by atoms with Crippen LogP contribution in [0.3, 0.4) is 0 Å². The van der Waals surface area contributed by atoms with E-state index in [2.05, 4.69) is 9.97 Å². The Bertz CT molecular complexity index is 1100. The summed E-state index contributed by atoms with van der Waals surface area (Å²) < 4.78 is 11.7. The molecule has 4 rings (SSSR count). The maximum absolute atomic E-state index is 6.39. The van der Waals surface area contributed by atoms with Crippen molar-refractivity contribution in [1.29, 1.82) is 0 Å². The topological polar surface area (TPSA) is 52.1 Å². The zero-order chi connectivity index (χ0) is 20.0. The van der Waals surface area contributed by atoms with Crippen molar-refractivity contribution < 1.29 is 8.83 Å². The normalized spacial score (nSPS) is 11.2. The van der Waals surface area contributed by atoms with E-state index >= 15 is 0 Å². The first-order valence-electron chi connectivity index (χ1n) is 8.19. The molecule has 28 heavy (non-hydrogen) atoms. The van der Waals surface area contributed by atoms with Crippen molar-refractivity contribution in [3.05, 3.63) is 68.3 Å². The van der Waals surface area contributed by atoms with Gasteiger partial charge in [-0.15, -0.1) is 0 Å². The van der Waals surface area contributed by atoms with Gasteiger partial charge in [0.2, 0.25) is 0 Å². The Labute approximate surface area is 181 Å². The van der Waals surface area contributed by atoms with Crippen molar-refractivity contribution in [3.8, 4) is 34.0 Å². The number of halogens is 4. The van der Waals surface area contributed by atoms with Gasteiger partial charge in [-0.05, 0) is 36.4 Å². The number of oxazole rings is 2. The first kappa shape index (κ1) is 19.3. The molecule has 0 atom stereocenters. The van der Waals surface area contributed by atoms with Crippen LogP contribution in [0.2, 0.25) is 20.1 Å². The van der Waals surface area contributed by atoms with Crippen LogP contribution in [0.15, 0.2) is 45.2 Å². The molecule has 2 heterocycles. The van der Waals surface area contributed by atoms with Gasteiger partial charge in [0.25, 0.3) is 0 Å². The Morgan fingerprint density at radius 1 is 0.643 bits per heavy atom. The highest BCUT2D eigenvalue weighted by Gasteiger charge is 2.26. The summed E-state index contributed by atoms with van der Waals surface area (Å²) in [5, 5.41) is 1.95. The molecule has 4 nitrogen and oxygen atoms in total. The predicted octanol–water partition coefficient (Wildman–Crippen LogP) is 7.89. The fraction of sp³-hybridized carbons (Fsp3) is 0.100. The number of benzene rings is 2. The lowest BCUT2D eigenvalue weighted by Gasteiger charge is -2.05. The molecule has 142 valence electrons. The highest BCUT2D eigenvalue weighted by Crippen LogP contribution is 2.42. The molecule has 0 spiro atoms. The number of nitrogens with zero attached hydrogens (tertiary/aromatic N) is 2. The summed E-state index contributed by atoms with van der Waals surface area (Å²) in [4.78, 5) is 8.98. The number of aromatic nitrogens is 2. The molecule has 0 radical (unpaired) electrons. The van der Waals surface area contributed by atoms with Crippen LogP contribution >= 0.6 is 46.4 Å². The second-order valence-electron chi connectivity index (χ2n) is 6.07. The maximum atomic E-state index is 6.39. The van der Waals surface area contributed by atoms with Crippen LogP contribution in [0.5, 0.6) is 0 Å². The van der Waals surface area contributed by atoms with Crippen LogP contribution in [-0.2, 0) is 0 Å². The van der Waals surface area contributed by atoms with Gasteiger partial charge in [-0.1, -0.05) is 46.4 Å². The first-order valence-corrected chi connectivity index (χ1v) is 9.70. The van der Waals surface area contributed by atoms with Gasteiger partial charge < -0.3 is 8.83 Å². The van der Waals surface area contributed by atoms with Crippen LogP contribution in [0.25, 0.3) is 34.0 Å². The number of hydrogen-bond acceptors (Lipinski definition) is 4. The molecule has 0 aliphatic carbocycles. The molecule has 0 aliphatic rings. The summed E-state index contributed by atoms with van der Waals surface area (Å²) in [6, 6.07) is 10.3. The third-order valence-electron chi connectivity index (χ3n) is 4.05. The van der Waals surface area contributed by atoms with Gasteiger partial charge in [-0.3, -0.25) is 0 Å².